The Kier molecular flexibility index (Phi) is 5.13. The molecule has 0 unspecified atom stereocenters. The summed E-state index contributed by atoms with van der Waals surface area (Å²) >= 11 is 0. The van der Waals surface area contributed by atoms with Gasteiger partial charge in [-0.3, -0.25) is 9.59 Å². The number of piperazine rings is 1. The zero-order chi connectivity index (χ0) is 19.7. The van der Waals surface area contributed by atoms with Crippen molar-refractivity contribution in [3.8, 4) is 11.5 Å². The minimum atomic E-state index is -0.309. The number of nitrogens with one attached hydrogen (secondary N) is 1. The summed E-state index contributed by atoms with van der Waals surface area (Å²) in [5.41, 5.74) is 1.22. The van der Waals surface area contributed by atoms with Gasteiger partial charge in [0.15, 0.2) is 0 Å². The van der Waals surface area contributed by atoms with Crippen molar-refractivity contribution in [2.24, 2.45) is 0 Å². The number of rotatable bonds is 4. The van der Waals surface area contributed by atoms with E-state index in [1.54, 1.807) is 36.2 Å². The van der Waals surface area contributed by atoms with Crippen molar-refractivity contribution in [2.45, 2.75) is 18.9 Å². The average molecular weight is 387 g/mol. The minimum Gasteiger partial charge on any atom is -0.496 e. The second-order valence-electron chi connectivity index (χ2n) is 7.06. The first-order valence-electron chi connectivity index (χ1n) is 9.55. The monoisotopic (exact) mass is 387 g/mol. The lowest BCUT2D eigenvalue weighted by Crippen LogP contribution is -2.52. The van der Waals surface area contributed by atoms with Gasteiger partial charge in [0.2, 0.25) is 0 Å². The molecule has 2 saturated heterocycles. The van der Waals surface area contributed by atoms with Gasteiger partial charge in [-0.1, -0.05) is 0 Å². The van der Waals surface area contributed by atoms with Crippen LogP contribution in [0.15, 0.2) is 18.2 Å². The van der Waals surface area contributed by atoms with E-state index < -0.39 is 0 Å². The van der Waals surface area contributed by atoms with E-state index in [-0.39, 0.29) is 17.9 Å². The first-order valence-corrected chi connectivity index (χ1v) is 9.55. The predicted molar refractivity (Wildman–Crippen MR) is 103 cm³/mol. The van der Waals surface area contributed by atoms with Crippen molar-refractivity contribution < 1.29 is 23.8 Å². The number of amides is 2. The summed E-state index contributed by atoms with van der Waals surface area (Å²) in [6, 6.07) is 5.42. The molecule has 2 aliphatic rings. The molecule has 150 valence electrons. The fourth-order valence-electron chi connectivity index (χ4n) is 3.91. The second kappa shape index (κ2) is 7.71. The van der Waals surface area contributed by atoms with Crippen LogP contribution in [0.1, 0.15) is 23.3 Å². The molecule has 2 fully saturated rings. The average Bonchev–Trinajstić information content (AvgIpc) is 3.42. The van der Waals surface area contributed by atoms with Crippen molar-refractivity contribution in [1.29, 1.82) is 0 Å². The van der Waals surface area contributed by atoms with Gasteiger partial charge in [-0.2, -0.15) is 0 Å². The molecule has 8 nitrogen and oxygen atoms in total. The zero-order valence-corrected chi connectivity index (χ0v) is 16.2. The third-order valence-electron chi connectivity index (χ3n) is 5.47. The standard InChI is InChI=1S/C20H25N3O5/c1-26-15-5-6-16(27-2)18-13(15)12-14(21-18)19(24)22-7-9-23(10-8-22)20(25)17-4-3-11-28-17/h5-6,12,17,21H,3-4,7-11H2,1-2H3/t17-/m1/s1. The molecule has 2 amide bonds. The Morgan fingerprint density at radius 3 is 2.39 bits per heavy atom. The van der Waals surface area contributed by atoms with Gasteiger partial charge in [0.1, 0.15) is 23.3 Å². The van der Waals surface area contributed by atoms with E-state index >= 15 is 0 Å². The summed E-state index contributed by atoms with van der Waals surface area (Å²) in [5.74, 6) is 1.29. The van der Waals surface area contributed by atoms with Crippen LogP contribution < -0.4 is 9.47 Å². The third kappa shape index (κ3) is 3.28. The molecular formula is C20H25N3O5. The van der Waals surface area contributed by atoms with E-state index in [1.807, 2.05) is 6.07 Å². The molecule has 8 heteroatoms. The molecule has 2 aromatic rings. The number of ether oxygens (including phenoxy) is 3. The molecule has 1 aromatic heterocycles. The van der Waals surface area contributed by atoms with Gasteiger partial charge >= 0.3 is 0 Å². The highest BCUT2D eigenvalue weighted by molar-refractivity contribution is 6.01. The molecule has 1 aromatic carbocycles. The Labute approximate surface area is 163 Å². The van der Waals surface area contributed by atoms with Crippen LogP contribution in [0.3, 0.4) is 0 Å². The van der Waals surface area contributed by atoms with Crippen molar-refractivity contribution >= 4 is 22.7 Å². The lowest BCUT2D eigenvalue weighted by molar-refractivity contribution is -0.142. The first kappa shape index (κ1) is 18.6. The highest BCUT2D eigenvalue weighted by atomic mass is 16.5. The Balaban J connectivity index is 1.47. The number of hydrogen-bond donors (Lipinski definition) is 1. The Hall–Kier alpha value is -2.74. The number of fused-ring (bicyclic) bond motifs is 1. The number of benzene rings is 1. The molecule has 0 aliphatic carbocycles. The molecular weight excluding hydrogens is 362 g/mol. The number of H-pyrrole nitrogens is 1. The predicted octanol–water partition coefficient (Wildman–Crippen LogP) is 1.65. The minimum absolute atomic E-state index is 0.0460. The summed E-state index contributed by atoms with van der Waals surface area (Å²) in [6.45, 7) is 2.71. The lowest BCUT2D eigenvalue weighted by Gasteiger charge is -2.35. The molecule has 1 atom stereocenters. The molecule has 28 heavy (non-hydrogen) atoms. The SMILES string of the molecule is COc1ccc(OC)c2[nH]c(C(=O)N3CCN(C(=O)[C@H]4CCCO4)CC3)cc12. The highest BCUT2D eigenvalue weighted by Crippen LogP contribution is 2.33. The zero-order valence-electron chi connectivity index (χ0n) is 16.2. The number of carbonyl (C=O) groups is 2. The van der Waals surface area contributed by atoms with Crippen LogP contribution in [0.4, 0.5) is 0 Å². The van der Waals surface area contributed by atoms with E-state index in [0.717, 1.165) is 23.7 Å². The van der Waals surface area contributed by atoms with Crippen LogP contribution in [-0.4, -0.2) is 79.7 Å². The van der Waals surface area contributed by atoms with Gasteiger partial charge in [0.25, 0.3) is 11.8 Å². The first-order chi connectivity index (χ1) is 13.6. The third-order valence-corrected chi connectivity index (χ3v) is 5.47. The lowest BCUT2D eigenvalue weighted by atomic mass is 10.2. The van der Waals surface area contributed by atoms with Crippen LogP contribution in [-0.2, 0) is 9.53 Å². The smallest absolute Gasteiger partial charge is 0.270 e. The highest BCUT2D eigenvalue weighted by Gasteiger charge is 2.32. The van der Waals surface area contributed by atoms with Crippen LogP contribution in [0, 0.1) is 0 Å². The molecule has 0 bridgehead atoms. The Bertz CT molecular complexity index is 838. The number of aromatic nitrogens is 1. The van der Waals surface area contributed by atoms with Crippen LogP contribution in [0.2, 0.25) is 0 Å². The van der Waals surface area contributed by atoms with E-state index in [9.17, 15) is 9.59 Å². The number of aromatic amines is 1. The van der Waals surface area contributed by atoms with Gasteiger partial charge in [-0.05, 0) is 31.0 Å². The maximum absolute atomic E-state index is 13.0. The molecule has 2 aliphatic heterocycles. The van der Waals surface area contributed by atoms with Crippen LogP contribution in [0.25, 0.3) is 10.9 Å². The molecule has 0 radical (unpaired) electrons. The van der Waals surface area contributed by atoms with Crippen molar-refractivity contribution in [1.82, 2.24) is 14.8 Å². The summed E-state index contributed by atoms with van der Waals surface area (Å²) in [6.07, 6.45) is 1.41. The summed E-state index contributed by atoms with van der Waals surface area (Å²) in [5, 5.41) is 0.803. The Morgan fingerprint density at radius 1 is 1.07 bits per heavy atom. The van der Waals surface area contributed by atoms with E-state index in [0.29, 0.717) is 50.0 Å². The summed E-state index contributed by atoms with van der Waals surface area (Å²) in [4.78, 5) is 32.2. The fourth-order valence-corrected chi connectivity index (χ4v) is 3.91. The van der Waals surface area contributed by atoms with Gasteiger partial charge in [0, 0.05) is 38.2 Å². The number of nitrogens with zero attached hydrogens (tertiary/aromatic N) is 2. The van der Waals surface area contributed by atoms with E-state index in [1.165, 1.54) is 0 Å². The molecule has 4 rings (SSSR count). The quantitative estimate of drug-likeness (QED) is 0.862. The Morgan fingerprint density at radius 2 is 1.75 bits per heavy atom. The van der Waals surface area contributed by atoms with Crippen LogP contribution in [0.5, 0.6) is 11.5 Å². The molecule has 0 saturated carbocycles. The summed E-state index contributed by atoms with van der Waals surface area (Å²) in [7, 11) is 3.19. The number of carbonyl (C=O) groups excluding carboxylic acids is 2. The van der Waals surface area contributed by atoms with Gasteiger partial charge in [-0.15, -0.1) is 0 Å². The van der Waals surface area contributed by atoms with E-state index in [4.69, 9.17) is 14.2 Å². The topological polar surface area (TPSA) is 84.1 Å². The maximum atomic E-state index is 13.0. The maximum Gasteiger partial charge on any atom is 0.270 e. The van der Waals surface area contributed by atoms with Crippen molar-refractivity contribution in [2.75, 3.05) is 47.0 Å². The number of methoxy groups -OCH3 is 2. The van der Waals surface area contributed by atoms with Gasteiger partial charge < -0.3 is 29.0 Å². The molecule has 1 N–H and O–H groups in total. The summed E-state index contributed by atoms with van der Waals surface area (Å²) < 4.78 is 16.3. The second-order valence-corrected chi connectivity index (χ2v) is 7.06. The molecule has 0 spiro atoms. The van der Waals surface area contributed by atoms with Gasteiger partial charge in [0.05, 0.1) is 19.7 Å². The number of hydrogen-bond acceptors (Lipinski definition) is 5. The van der Waals surface area contributed by atoms with Crippen molar-refractivity contribution in [3.05, 3.63) is 23.9 Å². The van der Waals surface area contributed by atoms with Crippen LogP contribution >= 0.6 is 0 Å². The fraction of sp³-hybridized carbons (Fsp3) is 0.500. The molecule has 3 heterocycles. The van der Waals surface area contributed by atoms with Crippen molar-refractivity contribution in [3.63, 3.8) is 0 Å². The largest absolute Gasteiger partial charge is 0.496 e. The van der Waals surface area contributed by atoms with E-state index in [2.05, 4.69) is 4.98 Å². The van der Waals surface area contributed by atoms with Gasteiger partial charge in [-0.25, -0.2) is 0 Å². The normalized spacial score (nSPS) is 19.9.